The quantitative estimate of drug-likeness (QED) is 0.136. The van der Waals surface area contributed by atoms with E-state index in [1.54, 1.807) is 10.7 Å². The summed E-state index contributed by atoms with van der Waals surface area (Å²) in [5, 5.41) is 27.5. The van der Waals surface area contributed by atoms with E-state index < -0.39 is 29.5 Å². The van der Waals surface area contributed by atoms with E-state index in [9.17, 15) is 15.0 Å². The van der Waals surface area contributed by atoms with E-state index in [0.717, 1.165) is 0 Å². The normalized spacial score (nSPS) is 36.1. The summed E-state index contributed by atoms with van der Waals surface area (Å²) in [6.07, 6.45) is 2.22. The van der Waals surface area contributed by atoms with Crippen LogP contribution in [0.1, 0.15) is 19.8 Å². The molecule has 0 aromatic carbocycles. The fraction of sp³-hybridized carbons (Fsp3) is 0.643. The first-order valence-corrected chi connectivity index (χ1v) is 7.71. The van der Waals surface area contributed by atoms with Crippen LogP contribution in [0.5, 0.6) is 0 Å². The molecule has 3 aliphatic rings. The Morgan fingerprint density at radius 2 is 2.29 bits per heavy atom. The van der Waals surface area contributed by atoms with Gasteiger partial charge in [0.25, 0.3) is 0 Å². The third-order valence-corrected chi connectivity index (χ3v) is 4.78. The Morgan fingerprint density at radius 1 is 1.58 bits per heavy atom. The summed E-state index contributed by atoms with van der Waals surface area (Å²) in [4.78, 5) is 15.4. The van der Waals surface area contributed by atoms with Crippen molar-refractivity contribution in [2.24, 2.45) is 16.5 Å². The van der Waals surface area contributed by atoms with Crippen molar-refractivity contribution in [2.45, 2.75) is 49.3 Å². The number of carbonyl (C=O) groups excluding carboxylic acids is 1. The molecule has 0 amide bonds. The van der Waals surface area contributed by atoms with Crippen LogP contribution < -0.4 is 22.1 Å². The van der Waals surface area contributed by atoms with Gasteiger partial charge in [0.1, 0.15) is 12.6 Å². The van der Waals surface area contributed by atoms with Crippen molar-refractivity contribution in [3.05, 3.63) is 12.7 Å². The van der Waals surface area contributed by atoms with Crippen LogP contribution in [0.2, 0.25) is 0 Å². The summed E-state index contributed by atoms with van der Waals surface area (Å²) in [6, 6.07) is -1.57. The monoisotopic (exact) mass is 339 g/mol. The molecule has 3 aliphatic heterocycles. The largest absolute Gasteiger partial charge is 0.462 e. The molecule has 4 atom stereocenters. The molecule has 0 unspecified atom stereocenters. The lowest BCUT2D eigenvalue weighted by Crippen LogP contribution is -2.78. The van der Waals surface area contributed by atoms with E-state index >= 15 is 0 Å². The standard InChI is InChI=1S/C14H22N6O4/c1-3-4-8-5-13(22,23)14-10(18-11(15)19-14)9(6-24-7(2)21)17-12(16)20(8)14/h3,8-10,22-23H,1,4-6H2,2H3,(H5,15,16,17,18,19)/p+1/t8-,9-,10-,14-/m0/s1. The molecule has 1 fully saturated rings. The number of nitrogens with two attached hydrogens (primary N) is 2. The van der Waals surface area contributed by atoms with Gasteiger partial charge in [-0.3, -0.25) is 15.8 Å². The van der Waals surface area contributed by atoms with E-state index in [2.05, 4.69) is 22.2 Å². The van der Waals surface area contributed by atoms with Crippen LogP contribution in [-0.2, 0) is 9.53 Å². The highest BCUT2D eigenvalue weighted by molar-refractivity contribution is 5.83. The van der Waals surface area contributed by atoms with Crippen molar-refractivity contribution in [1.82, 2.24) is 10.6 Å². The number of nitrogens with one attached hydrogen (secondary N) is 2. The SMILES string of the molecule is C=CC[C@H]1CC(O)(O)[C@]23NC(N)=N[C@H]2[C@H](COC(C)=O)NC(N)=[N+]13. The number of rotatable bonds is 4. The minimum Gasteiger partial charge on any atom is -0.462 e. The molecule has 1 saturated heterocycles. The van der Waals surface area contributed by atoms with Crippen LogP contribution in [0.25, 0.3) is 0 Å². The molecule has 0 radical (unpaired) electrons. The summed E-state index contributed by atoms with van der Waals surface area (Å²) in [7, 11) is 0. The fourth-order valence-corrected chi connectivity index (χ4v) is 3.97. The van der Waals surface area contributed by atoms with Crippen LogP contribution in [0.4, 0.5) is 0 Å². The van der Waals surface area contributed by atoms with Gasteiger partial charge in [-0.1, -0.05) is 6.08 Å². The number of hydrogen-bond donors (Lipinski definition) is 6. The van der Waals surface area contributed by atoms with Crippen molar-refractivity contribution in [3.8, 4) is 0 Å². The number of aliphatic hydroxyl groups is 2. The number of guanidine groups is 2. The van der Waals surface area contributed by atoms with Crippen LogP contribution in [0.3, 0.4) is 0 Å². The Kier molecular flexibility index (Phi) is 3.68. The minimum absolute atomic E-state index is 0.0308. The van der Waals surface area contributed by atoms with Gasteiger partial charge >= 0.3 is 11.9 Å². The summed E-state index contributed by atoms with van der Waals surface area (Å²) in [5.41, 5.74) is 10.6. The summed E-state index contributed by atoms with van der Waals surface area (Å²) in [6.45, 7) is 4.97. The number of esters is 1. The van der Waals surface area contributed by atoms with E-state index in [4.69, 9.17) is 16.2 Å². The Bertz CT molecular complexity index is 645. The zero-order valence-corrected chi connectivity index (χ0v) is 13.4. The summed E-state index contributed by atoms with van der Waals surface area (Å²) < 4.78 is 6.71. The van der Waals surface area contributed by atoms with Gasteiger partial charge in [-0.2, -0.15) is 0 Å². The molecular formula is C14H23N6O4+. The maximum Gasteiger partial charge on any atom is 0.346 e. The van der Waals surface area contributed by atoms with Gasteiger partial charge < -0.3 is 26.0 Å². The van der Waals surface area contributed by atoms with Crippen LogP contribution in [0.15, 0.2) is 17.6 Å². The molecule has 8 N–H and O–H groups in total. The topological polar surface area (TPSA) is 158 Å². The van der Waals surface area contributed by atoms with Crippen molar-refractivity contribution < 1.29 is 24.3 Å². The van der Waals surface area contributed by atoms with E-state index in [0.29, 0.717) is 6.42 Å². The van der Waals surface area contributed by atoms with E-state index in [-0.39, 0.29) is 31.0 Å². The molecule has 1 spiro atoms. The molecule has 24 heavy (non-hydrogen) atoms. The lowest BCUT2D eigenvalue weighted by atomic mass is 9.87. The Hall–Kier alpha value is -2.33. The molecule has 0 aromatic rings. The van der Waals surface area contributed by atoms with Crippen molar-refractivity contribution in [2.75, 3.05) is 6.61 Å². The van der Waals surface area contributed by atoms with Gasteiger partial charge in [-0.25, -0.2) is 9.57 Å². The molecular weight excluding hydrogens is 316 g/mol. The molecule has 10 nitrogen and oxygen atoms in total. The zero-order valence-electron chi connectivity index (χ0n) is 13.4. The number of ether oxygens (including phenoxy) is 1. The third kappa shape index (κ3) is 2.13. The highest BCUT2D eigenvalue weighted by Crippen LogP contribution is 2.44. The molecule has 0 aliphatic carbocycles. The summed E-state index contributed by atoms with van der Waals surface area (Å²) in [5.74, 6) is -2.29. The van der Waals surface area contributed by atoms with Gasteiger partial charge in [0.05, 0.1) is 6.04 Å². The van der Waals surface area contributed by atoms with Gasteiger partial charge in [0.15, 0.2) is 12.0 Å². The molecule has 3 rings (SSSR count). The average molecular weight is 339 g/mol. The predicted octanol–water partition coefficient (Wildman–Crippen LogP) is -3.14. The molecule has 10 heteroatoms. The van der Waals surface area contributed by atoms with Crippen LogP contribution in [0, 0.1) is 0 Å². The maximum atomic E-state index is 11.1. The fourth-order valence-electron chi connectivity index (χ4n) is 3.97. The first-order chi connectivity index (χ1) is 11.2. The van der Waals surface area contributed by atoms with Crippen LogP contribution >= 0.6 is 0 Å². The first kappa shape index (κ1) is 16.5. The first-order valence-electron chi connectivity index (χ1n) is 7.71. The smallest absolute Gasteiger partial charge is 0.346 e. The Labute approximate surface area is 138 Å². The van der Waals surface area contributed by atoms with E-state index in [1.807, 2.05) is 0 Å². The molecule has 3 heterocycles. The maximum absolute atomic E-state index is 11.1. The second-order valence-corrected chi connectivity index (χ2v) is 6.36. The lowest BCUT2D eigenvalue weighted by Gasteiger charge is -2.43. The predicted molar refractivity (Wildman–Crippen MR) is 84.7 cm³/mol. The number of nitrogens with zero attached hydrogens (tertiary/aromatic N) is 2. The highest BCUT2D eigenvalue weighted by atomic mass is 16.5. The van der Waals surface area contributed by atoms with Crippen molar-refractivity contribution >= 4 is 17.9 Å². The van der Waals surface area contributed by atoms with Crippen LogP contribution in [-0.4, -0.2) is 68.9 Å². The second-order valence-electron chi connectivity index (χ2n) is 6.36. The zero-order chi connectivity index (χ0) is 17.7. The van der Waals surface area contributed by atoms with Crippen molar-refractivity contribution in [3.63, 3.8) is 0 Å². The minimum atomic E-state index is -2.14. The summed E-state index contributed by atoms with van der Waals surface area (Å²) >= 11 is 0. The molecule has 0 saturated carbocycles. The van der Waals surface area contributed by atoms with Gasteiger partial charge in [-0.05, 0) is 6.42 Å². The lowest BCUT2D eigenvalue weighted by molar-refractivity contribution is -0.648. The number of aliphatic imine (C=N–C) groups is 1. The average Bonchev–Trinajstić information content (AvgIpc) is 2.92. The van der Waals surface area contributed by atoms with Crippen molar-refractivity contribution in [1.29, 1.82) is 0 Å². The van der Waals surface area contributed by atoms with Gasteiger partial charge in [-0.15, -0.1) is 6.58 Å². The molecule has 0 bridgehead atoms. The Morgan fingerprint density at radius 3 is 2.92 bits per heavy atom. The number of carbonyl (C=O) groups is 1. The second kappa shape index (κ2) is 5.35. The van der Waals surface area contributed by atoms with Gasteiger partial charge in [0, 0.05) is 13.3 Å². The van der Waals surface area contributed by atoms with Gasteiger partial charge in [0.2, 0.25) is 11.4 Å². The highest BCUT2D eigenvalue weighted by Gasteiger charge is 2.73. The molecule has 0 aromatic heterocycles. The molecule has 132 valence electrons. The Balaban J connectivity index is 2.07. The van der Waals surface area contributed by atoms with E-state index in [1.165, 1.54) is 6.92 Å². The number of hydrogen-bond acceptors (Lipinski definition) is 9. The third-order valence-electron chi connectivity index (χ3n) is 4.78.